The van der Waals surface area contributed by atoms with Crippen molar-refractivity contribution in [2.24, 2.45) is 0 Å². The van der Waals surface area contributed by atoms with Gasteiger partial charge in [-0.05, 0) is 55.4 Å². The van der Waals surface area contributed by atoms with Gasteiger partial charge < -0.3 is 4.90 Å². The number of anilines is 1. The van der Waals surface area contributed by atoms with Gasteiger partial charge in [0.25, 0.3) is 0 Å². The summed E-state index contributed by atoms with van der Waals surface area (Å²) in [5, 5.41) is 12.1. The van der Waals surface area contributed by atoms with Gasteiger partial charge >= 0.3 is 0 Å². The van der Waals surface area contributed by atoms with Crippen molar-refractivity contribution in [1.29, 1.82) is 0 Å². The normalized spacial score (nSPS) is 18.8. The molecule has 2 bridgehead atoms. The molecule has 8 nitrogen and oxygen atoms in total. The molecule has 2 fully saturated rings. The summed E-state index contributed by atoms with van der Waals surface area (Å²) in [4.78, 5) is 13.1. The highest BCUT2D eigenvalue weighted by Gasteiger charge is 2.41. The Bertz CT molecular complexity index is 1940. The summed E-state index contributed by atoms with van der Waals surface area (Å²) in [6, 6.07) is 11.6. The van der Waals surface area contributed by atoms with Crippen LogP contribution in [0.1, 0.15) is 6.42 Å². The molecule has 2 aliphatic heterocycles. The average Bonchev–Trinajstić information content (AvgIpc) is 3.76. The summed E-state index contributed by atoms with van der Waals surface area (Å²) >= 11 is 0. The average molecular weight is 553 g/mol. The summed E-state index contributed by atoms with van der Waals surface area (Å²) in [5.74, 6) is -1.80. The topological polar surface area (TPSA) is 78.2 Å². The molecule has 0 spiro atoms. The lowest BCUT2D eigenvalue weighted by atomic mass is 9.98. The molecule has 0 amide bonds. The lowest BCUT2D eigenvalue weighted by Gasteiger charge is -2.33. The van der Waals surface area contributed by atoms with Crippen LogP contribution in [0.2, 0.25) is 0 Å². The van der Waals surface area contributed by atoms with Gasteiger partial charge in [0.15, 0.2) is 5.65 Å². The predicted molar refractivity (Wildman–Crippen MR) is 149 cm³/mol. The van der Waals surface area contributed by atoms with Crippen LogP contribution in [0.5, 0.6) is 0 Å². The summed E-state index contributed by atoms with van der Waals surface area (Å²) in [6.07, 6.45) is 7.31. The third kappa shape index (κ3) is 3.58. The number of aromatic amines is 1. The lowest BCUT2D eigenvalue weighted by Crippen LogP contribution is -2.44. The Labute approximate surface area is 232 Å². The highest BCUT2D eigenvalue weighted by Crippen LogP contribution is 2.41. The van der Waals surface area contributed by atoms with Crippen LogP contribution in [0.3, 0.4) is 0 Å². The van der Waals surface area contributed by atoms with Crippen molar-refractivity contribution in [3.05, 3.63) is 84.7 Å². The number of rotatable bonds is 4. The molecule has 204 valence electrons. The molecule has 6 aromatic rings. The third-order valence-electron chi connectivity index (χ3n) is 8.44. The Hall–Kier alpha value is -4.77. The fraction of sp³-hybridized carbons (Fsp3) is 0.200. The fourth-order valence-electron chi connectivity index (χ4n) is 6.47. The monoisotopic (exact) mass is 552 g/mol. The molecular weight excluding hydrogens is 529 g/mol. The molecule has 0 saturated carbocycles. The van der Waals surface area contributed by atoms with E-state index in [1.807, 2.05) is 0 Å². The Morgan fingerprint density at radius 1 is 0.878 bits per heavy atom. The third-order valence-corrected chi connectivity index (χ3v) is 8.44. The van der Waals surface area contributed by atoms with E-state index in [9.17, 15) is 4.39 Å². The molecule has 0 aliphatic carbocycles. The van der Waals surface area contributed by atoms with Crippen LogP contribution in [0.15, 0.2) is 67.3 Å². The van der Waals surface area contributed by atoms with Crippen LogP contribution in [0, 0.1) is 17.5 Å². The van der Waals surface area contributed by atoms with Gasteiger partial charge in [0, 0.05) is 60.4 Å². The van der Waals surface area contributed by atoms with Crippen molar-refractivity contribution >= 4 is 22.2 Å². The molecule has 2 saturated heterocycles. The van der Waals surface area contributed by atoms with E-state index in [1.54, 1.807) is 36.7 Å². The lowest BCUT2D eigenvalue weighted by molar-refractivity contribution is 0.292. The Kier molecular flexibility index (Phi) is 5.20. The maximum atomic E-state index is 15.9. The first-order valence-corrected chi connectivity index (χ1v) is 13.3. The van der Waals surface area contributed by atoms with E-state index in [1.165, 1.54) is 35.1 Å². The number of halogens is 3. The number of hydrogen-bond acceptors (Lipinski definition) is 6. The number of H-pyrrole nitrogens is 1. The summed E-state index contributed by atoms with van der Waals surface area (Å²) in [7, 11) is 2.09. The van der Waals surface area contributed by atoms with Gasteiger partial charge in [0.1, 0.15) is 28.7 Å². The van der Waals surface area contributed by atoms with E-state index in [4.69, 9.17) is 5.10 Å². The van der Waals surface area contributed by atoms with Crippen LogP contribution in [0.4, 0.5) is 18.9 Å². The molecule has 2 atom stereocenters. The zero-order valence-electron chi connectivity index (χ0n) is 21.9. The standard InChI is InChI=1S/C30H23F3N8/c1-39-14-19-10-18(39)15-40(19)17-11-23(32)27(24(33)12-17)25-6-9-35-30-26(20-2-3-22(31)29-21(20)13-36-37-29)28(38-41(25)30)16-4-7-34-8-5-16/h2-9,11-13,18-19H,10,14-15H2,1H3,(H,36,37)/t18-,19-/m1/s1. The van der Waals surface area contributed by atoms with Crippen molar-refractivity contribution in [1.82, 2.24) is 34.7 Å². The number of fused-ring (bicyclic) bond motifs is 4. The number of pyridine rings is 1. The van der Waals surface area contributed by atoms with Crippen molar-refractivity contribution in [3.63, 3.8) is 0 Å². The zero-order chi connectivity index (χ0) is 27.8. The number of benzene rings is 2. The van der Waals surface area contributed by atoms with Crippen LogP contribution >= 0.6 is 0 Å². The smallest absolute Gasteiger partial charge is 0.164 e. The second-order valence-corrected chi connectivity index (χ2v) is 10.7. The van der Waals surface area contributed by atoms with E-state index in [0.717, 1.165) is 25.1 Å². The molecular formula is C30H23F3N8. The van der Waals surface area contributed by atoms with Crippen molar-refractivity contribution < 1.29 is 13.2 Å². The first-order chi connectivity index (χ1) is 20.0. The minimum Gasteiger partial charge on any atom is -0.365 e. The van der Waals surface area contributed by atoms with Crippen LogP contribution in [-0.4, -0.2) is 66.9 Å². The molecule has 0 unspecified atom stereocenters. The summed E-state index contributed by atoms with van der Waals surface area (Å²) in [6.45, 7) is 1.62. The minimum atomic E-state index is -0.676. The first kappa shape index (κ1) is 24.1. The zero-order valence-corrected chi connectivity index (χ0v) is 21.9. The van der Waals surface area contributed by atoms with Crippen LogP contribution in [0.25, 0.3) is 50.2 Å². The second kappa shape index (κ2) is 8.87. The molecule has 0 radical (unpaired) electrons. The highest BCUT2D eigenvalue weighted by molar-refractivity contribution is 6.03. The van der Waals surface area contributed by atoms with E-state index in [2.05, 4.69) is 37.0 Å². The van der Waals surface area contributed by atoms with Gasteiger partial charge in [-0.2, -0.15) is 10.2 Å². The van der Waals surface area contributed by atoms with Gasteiger partial charge in [-0.15, -0.1) is 0 Å². The number of likely N-dealkylation sites (tertiary alicyclic amines) is 1. The maximum absolute atomic E-state index is 15.9. The van der Waals surface area contributed by atoms with Crippen LogP contribution < -0.4 is 4.90 Å². The van der Waals surface area contributed by atoms with Gasteiger partial charge in [0.2, 0.25) is 0 Å². The number of likely N-dealkylation sites (N-methyl/N-ethyl adjacent to an activating group) is 1. The van der Waals surface area contributed by atoms with Gasteiger partial charge in [-0.1, -0.05) is 6.07 Å². The fourth-order valence-corrected chi connectivity index (χ4v) is 6.47. The van der Waals surface area contributed by atoms with Crippen LogP contribution in [-0.2, 0) is 0 Å². The van der Waals surface area contributed by atoms with Gasteiger partial charge in [-0.3, -0.25) is 15.0 Å². The SMILES string of the molecule is CN1C[C@H]2C[C@@H]1CN2c1cc(F)c(-c2ccnc3c(-c4ccc(F)c5[nH]ncc45)c(-c4ccncc4)nn23)c(F)c1. The molecule has 11 heteroatoms. The molecule has 6 heterocycles. The molecule has 8 rings (SSSR count). The minimum absolute atomic E-state index is 0.189. The number of nitrogens with one attached hydrogen (secondary N) is 1. The number of aromatic nitrogens is 6. The summed E-state index contributed by atoms with van der Waals surface area (Å²) < 4.78 is 47.7. The Balaban J connectivity index is 1.33. The van der Waals surface area contributed by atoms with Gasteiger partial charge in [-0.25, -0.2) is 22.7 Å². The van der Waals surface area contributed by atoms with E-state index < -0.39 is 17.5 Å². The molecule has 1 N–H and O–H groups in total. The molecule has 2 aromatic carbocycles. The summed E-state index contributed by atoms with van der Waals surface area (Å²) in [5.41, 5.74) is 3.62. The molecule has 41 heavy (non-hydrogen) atoms. The van der Waals surface area contributed by atoms with E-state index in [0.29, 0.717) is 39.6 Å². The second-order valence-electron chi connectivity index (χ2n) is 10.7. The highest BCUT2D eigenvalue weighted by atomic mass is 19.1. The number of hydrogen-bond donors (Lipinski definition) is 1. The van der Waals surface area contributed by atoms with E-state index >= 15 is 8.78 Å². The first-order valence-electron chi connectivity index (χ1n) is 13.3. The van der Waals surface area contributed by atoms with E-state index in [-0.39, 0.29) is 22.8 Å². The maximum Gasteiger partial charge on any atom is 0.164 e. The Morgan fingerprint density at radius 3 is 2.41 bits per heavy atom. The largest absolute Gasteiger partial charge is 0.365 e. The number of nitrogens with zero attached hydrogens (tertiary/aromatic N) is 7. The molecule has 2 aliphatic rings. The van der Waals surface area contributed by atoms with Gasteiger partial charge in [0.05, 0.1) is 23.0 Å². The van der Waals surface area contributed by atoms with Crippen molar-refractivity contribution in [2.75, 3.05) is 25.0 Å². The Morgan fingerprint density at radius 2 is 1.68 bits per heavy atom. The van der Waals surface area contributed by atoms with Crippen molar-refractivity contribution in [3.8, 4) is 33.6 Å². The predicted octanol–water partition coefficient (Wildman–Crippen LogP) is 5.31. The molecule has 4 aromatic heterocycles. The van der Waals surface area contributed by atoms with Crippen molar-refractivity contribution in [2.45, 2.75) is 18.5 Å². The number of piperazine rings is 1. The quantitative estimate of drug-likeness (QED) is 0.319.